The Balaban J connectivity index is 2.05. The lowest BCUT2D eigenvalue weighted by Crippen LogP contribution is -2.44. The molecule has 0 saturated carbocycles. The van der Waals surface area contributed by atoms with Crippen molar-refractivity contribution in [3.63, 3.8) is 0 Å². The van der Waals surface area contributed by atoms with Crippen LogP contribution in [-0.2, 0) is 6.54 Å². The molecule has 0 aliphatic carbocycles. The largest absolute Gasteiger partial charge is 0.368 e. The van der Waals surface area contributed by atoms with Crippen LogP contribution in [0.2, 0.25) is 5.02 Å². The molecule has 1 aliphatic rings. The first-order chi connectivity index (χ1) is 8.70. The number of hydrogen-bond donors (Lipinski definition) is 1. The van der Waals surface area contributed by atoms with Crippen molar-refractivity contribution in [1.82, 2.24) is 10.2 Å². The van der Waals surface area contributed by atoms with Crippen molar-refractivity contribution in [2.45, 2.75) is 13.5 Å². The molecule has 18 heavy (non-hydrogen) atoms. The Morgan fingerprint density at radius 2 is 1.94 bits per heavy atom. The molecule has 1 saturated heterocycles. The van der Waals surface area contributed by atoms with Gasteiger partial charge in [-0.2, -0.15) is 0 Å². The molecule has 0 atom stereocenters. The van der Waals surface area contributed by atoms with Gasteiger partial charge in [0.05, 0.1) is 10.7 Å². The minimum Gasteiger partial charge on any atom is -0.368 e. The first-order valence-electron chi connectivity index (χ1n) is 6.63. The molecule has 100 valence electrons. The molecular weight excluding hydrogens is 246 g/mol. The summed E-state index contributed by atoms with van der Waals surface area (Å²) in [5.74, 6) is 0. The summed E-state index contributed by atoms with van der Waals surface area (Å²) in [5.41, 5.74) is 2.42. The SMILES string of the molecule is CCNCc1ccc(N2CCN(C)CC2)c(Cl)c1. The van der Waals surface area contributed by atoms with Gasteiger partial charge in [-0.1, -0.05) is 24.6 Å². The van der Waals surface area contributed by atoms with Crippen LogP contribution in [0.4, 0.5) is 5.69 Å². The van der Waals surface area contributed by atoms with Gasteiger partial charge in [-0.05, 0) is 31.3 Å². The quantitative estimate of drug-likeness (QED) is 0.902. The Bertz CT molecular complexity index is 387. The van der Waals surface area contributed by atoms with Gasteiger partial charge in [0.25, 0.3) is 0 Å². The minimum atomic E-state index is 0.870. The van der Waals surface area contributed by atoms with E-state index in [1.807, 2.05) is 0 Å². The van der Waals surface area contributed by atoms with E-state index in [1.54, 1.807) is 0 Å². The zero-order chi connectivity index (χ0) is 13.0. The van der Waals surface area contributed by atoms with E-state index in [9.17, 15) is 0 Å². The highest BCUT2D eigenvalue weighted by Gasteiger charge is 2.16. The summed E-state index contributed by atoms with van der Waals surface area (Å²) in [4.78, 5) is 4.73. The van der Waals surface area contributed by atoms with Gasteiger partial charge >= 0.3 is 0 Å². The minimum absolute atomic E-state index is 0.870. The molecule has 1 aromatic carbocycles. The molecule has 0 spiro atoms. The maximum Gasteiger partial charge on any atom is 0.0642 e. The van der Waals surface area contributed by atoms with Crippen LogP contribution >= 0.6 is 11.6 Å². The molecule has 0 bridgehead atoms. The lowest BCUT2D eigenvalue weighted by atomic mass is 10.1. The molecule has 1 fully saturated rings. The molecule has 2 rings (SSSR count). The zero-order valence-corrected chi connectivity index (χ0v) is 12.0. The van der Waals surface area contributed by atoms with E-state index >= 15 is 0 Å². The second-order valence-electron chi connectivity index (χ2n) is 4.86. The van der Waals surface area contributed by atoms with Crippen LogP contribution in [0.5, 0.6) is 0 Å². The second kappa shape index (κ2) is 6.41. The van der Waals surface area contributed by atoms with Crippen LogP contribution in [-0.4, -0.2) is 44.7 Å². The summed E-state index contributed by atoms with van der Waals surface area (Å²) in [6.07, 6.45) is 0. The predicted molar refractivity (Wildman–Crippen MR) is 78.5 cm³/mol. The average molecular weight is 268 g/mol. The lowest BCUT2D eigenvalue weighted by molar-refractivity contribution is 0.313. The van der Waals surface area contributed by atoms with Crippen LogP contribution < -0.4 is 10.2 Å². The number of benzene rings is 1. The van der Waals surface area contributed by atoms with Gasteiger partial charge in [-0.25, -0.2) is 0 Å². The van der Waals surface area contributed by atoms with Gasteiger partial charge in [0, 0.05) is 32.7 Å². The molecule has 1 N–H and O–H groups in total. The van der Waals surface area contributed by atoms with E-state index in [0.29, 0.717) is 0 Å². The Morgan fingerprint density at radius 1 is 1.22 bits per heavy atom. The van der Waals surface area contributed by atoms with Crippen molar-refractivity contribution >= 4 is 17.3 Å². The topological polar surface area (TPSA) is 18.5 Å². The molecule has 0 radical (unpaired) electrons. The number of likely N-dealkylation sites (N-methyl/N-ethyl adjacent to an activating group) is 1. The number of nitrogens with one attached hydrogen (secondary N) is 1. The Morgan fingerprint density at radius 3 is 2.56 bits per heavy atom. The molecule has 3 nitrogen and oxygen atoms in total. The highest BCUT2D eigenvalue weighted by molar-refractivity contribution is 6.33. The van der Waals surface area contributed by atoms with Gasteiger partial charge in [0.15, 0.2) is 0 Å². The first kappa shape index (κ1) is 13.7. The fraction of sp³-hybridized carbons (Fsp3) is 0.571. The van der Waals surface area contributed by atoms with Crippen molar-refractivity contribution in [2.24, 2.45) is 0 Å². The van der Waals surface area contributed by atoms with Gasteiger partial charge in [-0.15, -0.1) is 0 Å². The van der Waals surface area contributed by atoms with Crippen LogP contribution in [0.1, 0.15) is 12.5 Å². The standard InChI is InChI=1S/C14H22ClN3/c1-3-16-11-12-4-5-14(13(15)10-12)18-8-6-17(2)7-9-18/h4-5,10,16H,3,6-9,11H2,1-2H3. The fourth-order valence-corrected chi connectivity index (χ4v) is 2.56. The van der Waals surface area contributed by atoms with Crippen molar-refractivity contribution in [3.05, 3.63) is 28.8 Å². The van der Waals surface area contributed by atoms with Crippen molar-refractivity contribution < 1.29 is 0 Å². The number of rotatable bonds is 4. The summed E-state index contributed by atoms with van der Waals surface area (Å²) in [6.45, 7) is 8.31. The molecule has 4 heteroatoms. The summed E-state index contributed by atoms with van der Waals surface area (Å²) in [7, 11) is 2.17. The first-order valence-corrected chi connectivity index (χ1v) is 7.01. The number of nitrogens with zero attached hydrogens (tertiary/aromatic N) is 2. The number of piperazine rings is 1. The highest BCUT2D eigenvalue weighted by Crippen LogP contribution is 2.27. The summed E-state index contributed by atoms with van der Waals surface area (Å²) in [6, 6.07) is 6.40. The van der Waals surface area contributed by atoms with Gasteiger partial charge in [0.1, 0.15) is 0 Å². The molecule has 0 aromatic heterocycles. The fourth-order valence-electron chi connectivity index (χ4n) is 2.23. The van der Waals surface area contributed by atoms with E-state index in [-0.39, 0.29) is 0 Å². The highest BCUT2D eigenvalue weighted by atomic mass is 35.5. The van der Waals surface area contributed by atoms with E-state index in [1.165, 1.54) is 11.3 Å². The van der Waals surface area contributed by atoms with Gasteiger partial charge in [-0.3, -0.25) is 0 Å². The third-order valence-electron chi connectivity index (χ3n) is 3.44. The third-order valence-corrected chi connectivity index (χ3v) is 3.74. The van der Waals surface area contributed by atoms with Crippen LogP contribution in [0.15, 0.2) is 18.2 Å². The predicted octanol–water partition coefficient (Wildman–Crippen LogP) is 2.20. The van der Waals surface area contributed by atoms with E-state index < -0.39 is 0 Å². The van der Waals surface area contributed by atoms with E-state index in [0.717, 1.165) is 44.3 Å². The maximum atomic E-state index is 6.39. The number of hydrogen-bond acceptors (Lipinski definition) is 3. The Kier molecular flexibility index (Phi) is 4.87. The molecule has 0 unspecified atom stereocenters. The van der Waals surface area contributed by atoms with Crippen LogP contribution in [0, 0.1) is 0 Å². The summed E-state index contributed by atoms with van der Waals surface area (Å²) < 4.78 is 0. The van der Waals surface area contributed by atoms with Crippen molar-refractivity contribution in [2.75, 3.05) is 44.7 Å². The second-order valence-corrected chi connectivity index (χ2v) is 5.26. The average Bonchev–Trinajstić information content (AvgIpc) is 2.38. The maximum absolute atomic E-state index is 6.39. The van der Waals surface area contributed by atoms with Crippen molar-refractivity contribution in [3.8, 4) is 0 Å². The lowest BCUT2D eigenvalue weighted by Gasteiger charge is -2.34. The van der Waals surface area contributed by atoms with Gasteiger partial charge in [0.2, 0.25) is 0 Å². The van der Waals surface area contributed by atoms with Gasteiger partial charge < -0.3 is 15.1 Å². The summed E-state index contributed by atoms with van der Waals surface area (Å²) >= 11 is 6.39. The smallest absolute Gasteiger partial charge is 0.0642 e. The molecule has 0 amide bonds. The van der Waals surface area contributed by atoms with Crippen LogP contribution in [0.25, 0.3) is 0 Å². The van der Waals surface area contributed by atoms with Crippen molar-refractivity contribution in [1.29, 1.82) is 0 Å². The Hall–Kier alpha value is -0.770. The number of anilines is 1. The zero-order valence-electron chi connectivity index (χ0n) is 11.2. The molecule has 1 heterocycles. The summed E-state index contributed by atoms with van der Waals surface area (Å²) in [5, 5.41) is 4.19. The molecular formula is C14H22ClN3. The molecule has 1 aliphatic heterocycles. The van der Waals surface area contributed by atoms with E-state index in [2.05, 4.69) is 47.3 Å². The monoisotopic (exact) mass is 267 g/mol. The number of halogens is 1. The molecule has 1 aromatic rings. The third kappa shape index (κ3) is 3.37. The Labute approximate surface area is 115 Å². The normalized spacial score (nSPS) is 17.2. The van der Waals surface area contributed by atoms with Crippen LogP contribution in [0.3, 0.4) is 0 Å². The van der Waals surface area contributed by atoms with E-state index in [4.69, 9.17) is 11.6 Å².